The second kappa shape index (κ2) is 5.53. The average Bonchev–Trinajstić information content (AvgIpc) is 3.16. The van der Waals surface area contributed by atoms with Crippen LogP contribution in [-0.4, -0.2) is 45.0 Å². The number of thiophene rings is 1. The third-order valence-corrected chi connectivity index (χ3v) is 4.98. The predicted molar refractivity (Wildman–Crippen MR) is 81.5 cm³/mol. The first kappa shape index (κ1) is 14.7. The van der Waals surface area contributed by atoms with E-state index in [1.807, 2.05) is 18.4 Å². The van der Waals surface area contributed by atoms with Gasteiger partial charge in [-0.25, -0.2) is 4.98 Å². The van der Waals surface area contributed by atoms with Crippen LogP contribution in [0.5, 0.6) is 0 Å². The van der Waals surface area contributed by atoms with E-state index in [0.29, 0.717) is 29.6 Å². The number of hydrogen-bond acceptors (Lipinski definition) is 5. The quantitative estimate of drug-likeness (QED) is 0.874. The Bertz CT molecular complexity index is 722. The van der Waals surface area contributed by atoms with Crippen LogP contribution < -0.4 is 5.73 Å². The number of H-pyrrole nitrogens is 1. The second-order valence-corrected chi connectivity index (χ2v) is 6.45. The zero-order chi connectivity index (χ0) is 15.9. The molecule has 3 N–H and O–H groups in total. The molecule has 2 atom stereocenters. The van der Waals surface area contributed by atoms with Crippen molar-refractivity contribution in [1.29, 1.82) is 0 Å². The normalized spacial score (nSPS) is 21.3. The molecule has 1 fully saturated rings. The highest BCUT2D eigenvalue weighted by atomic mass is 32.1. The van der Waals surface area contributed by atoms with Crippen LogP contribution in [0.3, 0.4) is 0 Å². The summed E-state index contributed by atoms with van der Waals surface area (Å²) in [6, 6.07) is 1.91. The van der Waals surface area contributed by atoms with E-state index >= 15 is 0 Å². The number of aromatic amines is 1. The summed E-state index contributed by atoms with van der Waals surface area (Å²) < 4.78 is 0. The van der Waals surface area contributed by atoms with Crippen LogP contribution in [-0.2, 0) is 4.79 Å². The van der Waals surface area contributed by atoms with Gasteiger partial charge in [0.2, 0.25) is 5.91 Å². The molecule has 1 aliphatic rings. The van der Waals surface area contributed by atoms with E-state index in [1.165, 1.54) is 11.3 Å². The molecule has 2 aromatic heterocycles. The smallest absolute Gasteiger partial charge is 0.264 e. The maximum absolute atomic E-state index is 12.6. The molecular formula is C14H17N5O2S. The number of rotatable bonds is 3. The van der Waals surface area contributed by atoms with Gasteiger partial charge in [-0.2, -0.15) is 5.10 Å². The van der Waals surface area contributed by atoms with Gasteiger partial charge in [0.15, 0.2) is 5.82 Å². The third-order valence-electron chi connectivity index (χ3n) is 3.98. The molecule has 2 aromatic rings. The van der Waals surface area contributed by atoms with E-state index in [-0.39, 0.29) is 11.8 Å². The Balaban J connectivity index is 1.86. The van der Waals surface area contributed by atoms with E-state index in [2.05, 4.69) is 15.2 Å². The molecule has 0 aromatic carbocycles. The third kappa shape index (κ3) is 2.50. The minimum atomic E-state index is -0.459. The molecule has 0 unspecified atom stereocenters. The van der Waals surface area contributed by atoms with Crippen molar-refractivity contribution in [2.45, 2.75) is 19.8 Å². The fourth-order valence-corrected chi connectivity index (χ4v) is 3.67. The summed E-state index contributed by atoms with van der Waals surface area (Å²) in [5.41, 5.74) is 6.45. The minimum Gasteiger partial charge on any atom is -0.369 e. The summed E-state index contributed by atoms with van der Waals surface area (Å²) in [6.07, 6.45) is 0. The second-order valence-electron chi connectivity index (χ2n) is 5.54. The van der Waals surface area contributed by atoms with Crippen molar-refractivity contribution in [1.82, 2.24) is 20.1 Å². The predicted octanol–water partition coefficient (Wildman–Crippen LogP) is 0.824. The van der Waals surface area contributed by atoms with Crippen LogP contribution >= 0.6 is 11.3 Å². The van der Waals surface area contributed by atoms with Crippen molar-refractivity contribution in [3.63, 3.8) is 0 Å². The summed E-state index contributed by atoms with van der Waals surface area (Å²) >= 11 is 1.41. The maximum Gasteiger partial charge on any atom is 0.264 e. The van der Waals surface area contributed by atoms with Gasteiger partial charge in [-0.05, 0) is 30.9 Å². The molecule has 8 heteroatoms. The molecule has 0 spiro atoms. The van der Waals surface area contributed by atoms with Gasteiger partial charge in [0, 0.05) is 13.1 Å². The molecule has 0 radical (unpaired) electrons. The van der Waals surface area contributed by atoms with Crippen LogP contribution in [0.15, 0.2) is 11.4 Å². The summed E-state index contributed by atoms with van der Waals surface area (Å²) in [4.78, 5) is 31.0. The fourth-order valence-electron chi connectivity index (χ4n) is 2.78. The topological polar surface area (TPSA) is 105 Å². The van der Waals surface area contributed by atoms with Crippen LogP contribution in [0.1, 0.15) is 32.8 Å². The highest BCUT2D eigenvalue weighted by Crippen LogP contribution is 2.32. The van der Waals surface area contributed by atoms with E-state index < -0.39 is 11.8 Å². The number of nitrogens with two attached hydrogens (primary N) is 1. The van der Waals surface area contributed by atoms with Gasteiger partial charge in [-0.15, -0.1) is 11.3 Å². The molecule has 22 heavy (non-hydrogen) atoms. The van der Waals surface area contributed by atoms with Crippen molar-refractivity contribution < 1.29 is 9.59 Å². The number of aryl methyl sites for hydroxylation is 2. The molecule has 0 saturated carbocycles. The van der Waals surface area contributed by atoms with Gasteiger partial charge in [0.1, 0.15) is 5.82 Å². The Morgan fingerprint density at radius 3 is 2.73 bits per heavy atom. The minimum absolute atomic E-state index is 0.0616. The first-order valence-corrected chi connectivity index (χ1v) is 7.87. The van der Waals surface area contributed by atoms with E-state index in [9.17, 15) is 9.59 Å². The Kier molecular flexibility index (Phi) is 3.69. The Labute approximate surface area is 131 Å². The Morgan fingerprint density at radius 2 is 2.18 bits per heavy atom. The molecule has 1 saturated heterocycles. The SMILES string of the molecule is Cc1nc([C@@H]2CN(C(=O)c3sccc3C)C[C@H]2C(N)=O)n[nH]1. The van der Waals surface area contributed by atoms with E-state index in [0.717, 1.165) is 5.56 Å². The van der Waals surface area contributed by atoms with Gasteiger partial charge in [0.25, 0.3) is 5.91 Å². The fraction of sp³-hybridized carbons (Fsp3) is 0.429. The lowest BCUT2D eigenvalue weighted by atomic mass is 9.95. The van der Waals surface area contributed by atoms with Crippen molar-refractivity contribution in [3.05, 3.63) is 33.5 Å². The lowest BCUT2D eigenvalue weighted by molar-refractivity contribution is -0.121. The van der Waals surface area contributed by atoms with Crippen LogP contribution in [0.2, 0.25) is 0 Å². The molecule has 3 heterocycles. The summed E-state index contributed by atoms with van der Waals surface area (Å²) in [5, 5.41) is 8.79. The summed E-state index contributed by atoms with van der Waals surface area (Å²) in [7, 11) is 0. The Hall–Kier alpha value is -2.22. The molecule has 7 nitrogen and oxygen atoms in total. The van der Waals surface area contributed by atoms with Gasteiger partial charge >= 0.3 is 0 Å². The van der Waals surface area contributed by atoms with Crippen molar-refractivity contribution in [2.75, 3.05) is 13.1 Å². The monoisotopic (exact) mass is 319 g/mol. The van der Waals surface area contributed by atoms with Crippen LogP contribution in [0, 0.1) is 19.8 Å². The van der Waals surface area contributed by atoms with Crippen LogP contribution in [0.25, 0.3) is 0 Å². The average molecular weight is 319 g/mol. The molecule has 116 valence electrons. The van der Waals surface area contributed by atoms with Crippen molar-refractivity contribution in [2.24, 2.45) is 11.7 Å². The van der Waals surface area contributed by atoms with Gasteiger partial charge in [-0.1, -0.05) is 0 Å². The maximum atomic E-state index is 12.6. The van der Waals surface area contributed by atoms with Gasteiger partial charge < -0.3 is 10.6 Å². The highest BCUT2D eigenvalue weighted by Gasteiger charge is 2.42. The summed E-state index contributed by atoms with van der Waals surface area (Å²) in [5.74, 6) is 0.0156. The number of nitrogens with zero attached hydrogens (tertiary/aromatic N) is 3. The first-order chi connectivity index (χ1) is 10.5. The first-order valence-electron chi connectivity index (χ1n) is 6.99. The van der Waals surface area contributed by atoms with E-state index in [1.54, 1.807) is 11.8 Å². The Morgan fingerprint density at radius 1 is 1.41 bits per heavy atom. The van der Waals surface area contributed by atoms with Gasteiger partial charge in [0.05, 0.1) is 16.7 Å². The lowest BCUT2D eigenvalue weighted by Crippen LogP contribution is -2.31. The molecule has 1 aliphatic heterocycles. The molecular weight excluding hydrogens is 302 g/mol. The van der Waals surface area contributed by atoms with Crippen LogP contribution in [0.4, 0.5) is 0 Å². The lowest BCUT2D eigenvalue weighted by Gasteiger charge is -2.15. The zero-order valence-corrected chi connectivity index (χ0v) is 13.2. The van der Waals surface area contributed by atoms with E-state index in [4.69, 9.17) is 5.73 Å². The molecule has 0 aliphatic carbocycles. The van der Waals surface area contributed by atoms with Crippen molar-refractivity contribution >= 4 is 23.2 Å². The number of hydrogen-bond donors (Lipinski definition) is 2. The standard InChI is InChI=1S/C14H17N5O2S/c1-7-3-4-22-11(7)14(21)19-5-9(12(15)20)10(6-19)13-16-8(2)17-18-13/h3-4,9-10H,5-6H2,1-2H3,(H2,15,20)(H,16,17,18)/t9-,10-/m1/s1. The number of aromatic nitrogens is 3. The number of nitrogens with one attached hydrogen (secondary N) is 1. The molecule has 2 amide bonds. The largest absolute Gasteiger partial charge is 0.369 e. The van der Waals surface area contributed by atoms with Crippen molar-refractivity contribution in [3.8, 4) is 0 Å². The number of primary amides is 1. The molecule has 0 bridgehead atoms. The number of amides is 2. The zero-order valence-electron chi connectivity index (χ0n) is 12.4. The number of carbonyl (C=O) groups is 2. The van der Waals surface area contributed by atoms with Gasteiger partial charge in [-0.3, -0.25) is 14.7 Å². The highest BCUT2D eigenvalue weighted by molar-refractivity contribution is 7.12. The summed E-state index contributed by atoms with van der Waals surface area (Å²) in [6.45, 7) is 4.41. The number of likely N-dealkylation sites (tertiary alicyclic amines) is 1. The number of carbonyl (C=O) groups excluding carboxylic acids is 2. The molecule has 3 rings (SSSR count).